The van der Waals surface area contributed by atoms with Gasteiger partial charge in [-0.25, -0.2) is 4.68 Å². The van der Waals surface area contributed by atoms with E-state index in [2.05, 4.69) is 18.1 Å². The highest BCUT2D eigenvalue weighted by Gasteiger charge is 2.29. The summed E-state index contributed by atoms with van der Waals surface area (Å²) in [4.78, 5) is 27.4. The standard InChI is InChI=1S/C20H23N3O2/c1-13-8-9-18-16(11-13)6-4-10-22(18)20(25)14(2)23-19(24)12-15-5-3-7-17(15)21-23/h8-9,11-12,14H,3-7,10H2,1-2H3. The van der Waals surface area contributed by atoms with Gasteiger partial charge in [-0.3, -0.25) is 9.59 Å². The van der Waals surface area contributed by atoms with Crippen molar-refractivity contribution >= 4 is 11.6 Å². The van der Waals surface area contributed by atoms with Gasteiger partial charge in [0, 0.05) is 18.3 Å². The highest BCUT2D eigenvalue weighted by molar-refractivity contribution is 5.97. The molecule has 2 aromatic rings. The summed E-state index contributed by atoms with van der Waals surface area (Å²) < 4.78 is 1.37. The van der Waals surface area contributed by atoms with Gasteiger partial charge in [0.25, 0.3) is 11.5 Å². The molecular formula is C20H23N3O2. The van der Waals surface area contributed by atoms with Gasteiger partial charge in [0.2, 0.25) is 0 Å². The van der Waals surface area contributed by atoms with E-state index in [1.807, 2.05) is 17.0 Å². The number of benzene rings is 1. The van der Waals surface area contributed by atoms with E-state index >= 15 is 0 Å². The van der Waals surface area contributed by atoms with Crippen molar-refractivity contribution in [3.8, 4) is 0 Å². The van der Waals surface area contributed by atoms with Gasteiger partial charge in [-0.15, -0.1) is 0 Å². The van der Waals surface area contributed by atoms with Gasteiger partial charge in [0.15, 0.2) is 0 Å². The SMILES string of the molecule is Cc1ccc2c(c1)CCCN2C(=O)C(C)n1nc2c(cc1=O)CCC2. The van der Waals surface area contributed by atoms with E-state index in [9.17, 15) is 9.59 Å². The molecule has 4 rings (SSSR count). The van der Waals surface area contributed by atoms with Gasteiger partial charge < -0.3 is 4.90 Å². The minimum atomic E-state index is -0.592. The maximum Gasteiger partial charge on any atom is 0.267 e. The maximum atomic E-state index is 13.1. The van der Waals surface area contributed by atoms with E-state index < -0.39 is 6.04 Å². The normalized spacial score (nSPS) is 17.1. The number of carbonyl (C=O) groups excluding carboxylic acids is 1. The van der Waals surface area contributed by atoms with Gasteiger partial charge in [-0.05, 0) is 63.1 Å². The molecule has 1 aliphatic carbocycles. The van der Waals surface area contributed by atoms with Crippen LogP contribution in [0.4, 0.5) is 5.69 Å². The first-order valence-electron chi connectivity index (χ1n) is 9.07. The molecule has 2 aliphatic rings. The molecule has 1 amide bonds. The van der Waals surface area contributed by atoms with Crippen molar-refractivity contribution in [1.82, 2.24) is 9.78 Å². The third-order valence-corrected chi connectivity index (χ3v) is 5.33. The largest absolute Gasteiger partial charge is 0.310 e. The zero-order chi connectivity index (χ0) is 17.6. The molecule has 0 N–H and O–H groups in total. The van der Waals surface area contributed by atoms with Crippen molar-refractivity contribution in [3.63, 3.8) is 0 Å². The van der Waals surface area contributed by atoms with Crippen LogP contribution in [0, 0.1) is 6.92 Å². The van der Waals surface area contributed by atoms with Crippen LogP contribution in [-0.2, 0) is 24.1 Å². The molecule has 5 heteroatoms. The highest BCUT2D eigenvalue weighted by atomic mass is 16.2. The topological polar surface area (TPSA) is 55.2 Å². The van der Waals surface area contributed by atoms with Gasteiger partial charge in [0.1, 0.15) is 6.04 Å². The number of aryl methyl sites for hydroxylation is 4. The van der Waals surface area contributed by atoms with Crippen molar-refractivity contribution in [2.24, 2.45) is 0 Å². The summed E-state index contributed by atoms with van der Waals surface area (Å²) in [5.41, 5.74) is 5.22. The molecule has 0 fully saturated rings. The lowest BCUT2D eigenvalue weighted by molar-refractivity contribution is -0.121. The quantitative estimate of drug-likeness (QED) is 0.846. The van der Waals surface area contributed by atoms with E-state index in [4.69, 9.17) is 0 Å². The first-order valence-corrected chi connectivity index (χ1v) is 9.07. The first-order chi connectivity index (χ1) is 12.0. The smallest absolute Gasteiger partial charge is 0.267 e. The average molecular weight is 337 g/mol. The summed E-state index contributed by atoms with van der Waals surface area (Å²) in [5.74, 6) is -0.0580. The molecule has 1 aromatic carbocycles. The third-order valence-electron chi connectivity index (χ3n) is 5.33. The Kier molecular flexibility index (Phi) is 3.94. The first kappa shape index (κ1) is 16.1. The van der Waals surface area contributed by atoms with Crippen molar-refractivity contribution < 1.29 is 4.79 Å². The molecule has 0 saturated carbocycles. The number of nitrogens with zero attached hydrogens (tertiary/aromatic N) is 3. The average Bonchev–Trinajstić information content (AvgIpc) is 3.06. The van der Waals surface area contributed by atoms with Crippen LogP contribution in [0.3, 0.4) is 0 Å². The van der Waals surface area contributed by atoms with Crippen LogP contribution in [0.1, 0.15) is 48.2 Å². The van der Waals surface area contributed by atoms with Gasteiger partial charge >= 0.3 is 0 Å². The van der Waals surface area contributed by atoms with Crippen LogP contribution >= 0.6 is 0 Å². The van der Waals surface area contributed by atoms with Crippen LogP contribution in [0.2, 0.25) is 0 Å². The van der Waals surface area contributed by atoms with E-state index in [1.54, 1.807) is 13.0 Å². The molecule has 1 aromatic heterocycles. The fourth-order valence-corrected chi connectivity index (χ4v) is 3.98. The second kappa shape index (κ2) is 6.14. The number of rotatable bonds is 2. The minimum Gasteiger partial charge on any atom is -0.310 e. The third kappa shape index (κ3) is 2.77. The van der Waals surface area contributed by atoms with Crippen LogP contribution in [0.25, 0.3) is 0 Å². The Labute approximate surface area is 147 Å². The minimum absolute atomic E-state index is 0.0580. The number of aromatic nitrogens is 2. The predicted molar refractivity (Wildman–Crippen MR) is 97.1 cm³/mol. The maximum absolute atomic E-state index is 13.1. The van der Waals surface area contributed by atoms with Gasteiger partial charge in [-0.2, -0.15) is 5.10 Å². The monoisotopic (exact) mass is 337 g/mol. The molecule has 0 saturated heterocycles. The summed E-state index contributed by atoms with van der Waals surface area (Å²) in [6.45, 7) is 4.54. The van der Waals surface area contributed by atoms with Crippen molar-refractivity contribution in [2.45, 2.75) is 52.0 Å². The van der Waals surface area contributed by atoms with Crippen LogP contribution in [0.15, 0.2) is 29.1 Å². The summed E-state index contributed by atoms with van der Waals surface area (Å²) in [7, 11) is 0. The molecule has 1 atom stereocenters. The fourth-order valence-electron chi connectivity index (χ4n) is 3.98. The lowest BCUT2D eigenvalue weighted by Gasteiger charge is -2.32. The summed E-state index contributed by atoms with van der Waals surface area (Å²) in [5, 5.41) is 4.50. The summed E-state index contributed by atoms with van der Waals surface area (Å²) in [6, 6.07) is 7.28. The van der Waals surface area contributed by atoms with E-state index in [0.29, 0.717) is 6.54 Å². The fraction of sp³-hybridized carbons (Fsp3) is 0.450. The Hall–Kier alpha value is -2.43. The van der Waals surface area contributed by atoms with E-state index in [1.165, 1.54) is 15.8 Å². The lowest BCUT2D eigenvalue weighted by Crippen LogP contribution is -2.42. The number of carbonyl (C=O) groups is 1. The van der Waals surface area contributed by atoms with Crippen LogP contribution in [-0.4, -0.2) is 22.2 Å². The summed E-state index contributed by atoms with van der Waals surface area (Å²) >= 11 is 0. The molecule has 5 nitrogen and oxygen atoms in total. The van der Waals surface area contributed by atoms with Crippen molar-refractivity contribution in [2.75, 3.05) is 11.4 Å². The van der Waals surface area contributed by atoms with Crippen LogP contribution < -0.4 is 10.5 Å². The molecule has 0 bridgehead atoms. The summed E-state index contributed by atoms with van der Waals surface area (Å²) in [6.07, 6.45) is 4.78. The van der Waals surface area contributed by atoms with Gasteiger partial charge in [0.05, 0.1) is 5.69 Å². The second-order valence-corrected chi connectivity index (χ2v) is 7.15. The Balaban J connectivity index is 1.67. The Bertz CT molecular complexity index is 900. The molecular weight excluding hydrogens is 314 g/mol. The lowest BCUT2D eigenvalue weighted by atomic mass is 9.99. The molecule has 1 unspecified atom stereocenters. The predicted octanol–water partition coefficient (Wildman–Crippen LogP) is 2.58. The molecule has 1 aliphatic heterocycles. The number of hydrogen-bond donors (Lipinski definition) is 0. The molecule has 0 spiro atoms. The number of anilines is 1. The highest BCUT2D eigenvalue weighted by Crippen LogP contribution is 2.29. The van der Waals surface area contributed by atoms with Gasteiger partial charge in [-0.1, -0.05) is 17.7 Å². The number of amides is 1. The Morgan fingerprint density at radius 3 is 2.76 bits per heavy atom. The second-order valence-electron chi connectivity index (χ2n) is 7.15. The molecule has 2 heterocycles. The van der Waals surface area contributed by atoms with E-state index in [-0.39, 0.29) is 11.5 Å². The van der Waals surface area contributed by atoms with Crippen molar-refractivity contribution in [3.05, 3.63) is 57.0 Å². The van der Waals surface area contributed by atoms with Crippen molar-refractivity contribution in [1.29, 1.82) is 0 Å². The molecule has 0 radical (unpaired) electrons. The number of fused-ring (bicyclic) bond motifs is 2. The molecule has 130 valence electrons. The van der Waals surface area contributed by atoms with Crippen LogP contribution in [0.5, 0.6) is 0 Å². The van der Waals surface area contributed by atoms with E-state index in [0.717, 1.165) is 49.0 Å². The molecule has 25 heavy (non-hydrogen) atoms. The zero-order valence-corrected chi connectivity index (χ0v) is 14.8. The number of hydrogen-bond acceptors (Lipinski definition) is 3. The Morgan fingerprint density at radius 2 is 1.92 bits per heavy atom. The Morgan fingerprint density at radius 1 is 1.12 bits per heavy atom. The zero-order valence-electron chi connectivity index (χ0n) is 14.8.